The quantitative estimate of drug-likeness (QED) is 0.170. The Morgan fingerprint density at radius 3 is 1.20 bits per heavy atom. The first-order valence-electron chi connectivity index (χ1n) is 21.2. The van der Waals surface area contributed by atoms with Gasteiger partial charge in [0.1, 0.15) is 0 Å². The van der Waals surface area contributed by atoms with Crippen LogP contribution in [-0.2, 0) is 10.8 Å². The minimum atomic E-state index is -0.475. The van der Waals surface area contributed by atoms with Crippen molar-refractivity contribution in [1.82, 2.24) is 0 Å². The molecule has 9 aromatic rings. The van der Waals surface area contributed by atoms with Crippen molar-refractivity contribution in [3.63, 3.8) is 0 Å². The van der Waals surface area contributed by atoms with E-state index in [1.54, 1.807) is 0 Å². The van der Waals surface area contributed by atoms with E-state index in [2.05, 4.69) is 233 Å². The molecule has 0 N–H and O–H groups in total. The molecule has 61 heavy (non-hydrogen) atoms. The molecule has 0 aliphatic carbocycles. The van der Waals surface area contributed by atoms with Gasteiger partial charge < -0.3 is 0 Å². The van der Waals surface area contributed by atoms with E-state index < -0.39 is 5.41 Å². The molecule has 292 valence electrons. The lowest BCUT2D eigenvalue weighted by molar-refractivity contribution is 0.587. The van der Waals surface area contributed by atoms with Crippen LogP contribution in [0.5, 0.6) is 0 Å². The smallest absolute Gasteiger partial charge is 0.0745 e. The molecule has 0 fully saturated rings. The zero-order valence-electron chi connectivity index (χ0n) is 34.5. The van der Waals surface area contributed by atoms with E-state index in [0.717, 1.165) is 0 Å². The third-order valence-electron chi connectivity index (χ3n) is 12.5. The molecule has 0 amide bonds. The first kappa shape index (κ1) is 37.7. The molecule has 0 nitrogen and oxygen atoms in total. The van der Waals surface area contributed by atoms with Crippen molar-refractivity contribution in [3.8, 4) is 55.6 Å². The number of hydrogen-bond acceptors (Lipinski definition) is 2. The summed E-state index contributed by atoms with van der Waals surface area (Å²) in [7, 11) is 0. The molecule has 0 atom stereocenters. The zero-order chi connectivity index (χ0) is 41.1. The fraction of sp³-hybridized carbons (Fsp3) is 0.0847. The van der Waals surface area contributed by atoms with Gasteiger partial charge in [0, 0.05) is 19.6 Å². The summed E-state index contributed by atoms with van der Waals surface area (Å²) in [5, 5.41) is 0. The summed E-state index contributed by atoms with van der Waals surface area (Å²) in [6.07, 6.45) is 0. The molecule has 0 saturated carbocycles. The molecule has 2 heteroatoms. The molecule has 11 rings (SSSR count). The fourth-order valence-corrected chi connectivity index (χ4v) is 12.4. The Morgan fingerprint density at radius 1 is 0.328 bits per heavy atom. The highest BCUT2D eigenvalue weighted by Crippen LogP contribution is 2.63. The lowest BCUT2D eigenvalue weighted by Crippen LogP contribution is -2.37. The molecule has 0 aromatic heterocycles. The number of rotatable bonds is 5. The van der Waals surface area contributed by atoms with Crippen LogP contribution in [0.3, 0.4) is 0 Å². The van der Waals surface area contributed by atoms with Gasteiger partial charge in [-0.1, -0.05) is 220 Å². The predicted octanol–water partition coefficient (Wildman–Crippen LogP) is 16.6. The first-order chi connectivity index (χ1) is 29.9. The lowest BCUT2D eigenvalue weighted by atomic mass is 9.63. The van der Waals surface area contributed by atoms with Crippen LogP contribution in [0.15, 0.2) is 232 Å². The second-order valence-corrected chi connectivity index (χ2v) is 19.3. The van der Waals surface area contributed by atoms with Gasteiger partial charge in [-0.25, -0.2) is 0 Å². The summed E-state index contributed by atoms with van der Waals surface area (Å²) in [4.78, 5) is 5.29. The van der Waals surface area contributed by atoms with E-state index in [1.165, 1.54) is 103 Å². The second-order valence-electron chi connectivity index (χ2n) is 17.2. The van der Waals surface area contributed by atoms with Crippen molar-refractivity contribution in [2.24, 2.45) is 0 Å². The zero-order valence-corrected chi connectivity index (χ0v) is 36.2. The van der Waals surface area contributed by atoms with Crippen molar-refractivity contribution < 1.29 is 0 Å². The van der Waals surface area contributed by atoms with Gasteiger partial charge in [-0.05, 0) is 125 Å². The summed E-state index contributed by atoms with van der Waals surface area (Å²) in [5.41, 5.74) is 18.5. The lowest BCUT2D eigenvalue weighted by Gasteiger charge is -2.46. The fourth-order valence-electron chi connectivity index (χ4n) is 9.84. The Labute approximate surface area is 368 Å². The Kier molecular flexibility index (Phi) is 9.26. The molecule has 0 bridgehead atoms. The van der Waals surface area contributed by atoms with Crippen LogP contribution in [-0.4, -0.2) is 0 Å². The Bertz CT molecular complexity index is 3040. The van der Waals surface area contributed by atoms with E-state index in [1.807, 2.05) is 23.5 Å². The van der Waals surface area contributed by atoms with Gasteiger partial charge in [-0.2, -0.15) is 0 Å². The van der Waals surface area contributed by atoms with Gasteiger partial charge >= 0.3 is 0 Å². The van der Waals surface area contributed by atoms with E-state index in [4.69, 9.17) is 0 Å². The summed E-state index contributed by atoms with van der Waals surface area (Å²) in [5.74, 6) is 0. The predicted molar refractivity (Wildman–Crippen MR) is 259 cm³/mol. The third kappa shape index (κ3) is 6.23. The molecule has 2 aliphatic rings. The van der Waals surface area contributed by atoms with Crippen LogP contribution in [0.1, 0.15) is 48.6 Å². The van der Waals surface area contributed by atoms with Gasteiger partial charge in [0.05, 0.1) is 5.41 Å². The number of fused-ring (bicyclic) bond motifs is 8. The number of hydrogen-bond donors (Lipinski definition) is 0. The van der Waals surface area contributed by atoms with Crippen LogP contribution >= 0.6 is 23.5 Å². The largest absolute Gasteiger partial charge is 0.0894 e. The summed E-state index contributed by atoms with van der Waals surface area (Å²) >= 11 is 3.84. The summed E-state index contributed by atoms with van der Waals surface area (Å²) in [6.45, 7) is 7.09. The highest BCUT2D eigenvalue weighted by atomic mass is 32.2. The van der Waals surface area contributed by atoms with Gasteiger partial charge in [0.2, 0.25) is 0 Å². The Morgan fingerprint density at radius 2 is 0.721 bits per heavy atom. The van der Waals surface area contributed by atoms with Crippen LogP contribution in [0, 0.1) is 0 Å². The van der Waals surface area contributed by atoms with Crippen molar-refractivity contribution in [1.29, 1.82) is 0 Å². The topological polar surface area (TPSA) is 0 Å². The number of benzene rings is 9. The van der Waals surface area contributed by atoms with E-state index >= 15 is 0 Å². The molecule has 0 radical (unpaired) electrons. The average molecular weight is 817 g/mol. The monoisotopic (exact) mass is 816 g/mol. The molecular weight excluding hydrogens is 773 g/mol. The minimum absolute atomic E-state index is 0.115. The van der Waals surface area contributed by atoms with Crippen molar-refractivity contribution in [2.45, 2.75) is 51.2 Å². The molecule has 2 heterocycles. The van der Waals surface area contributed by atoms with E-state index in [9.17, 15) is 0 Å². The van der Waals surface area contributed by atoms with Crippen LogP contribution in [0.4, 0.5) is 0 Å². The Hall–Kier alpha value is -6.32. The normalized spacial score (nSPS) is 13.5. The van der Waals surface area contributed by atoms with Gasteiger partial charge in [-0.15, -0.1) is 0 Å². The van der Waals surface area contributed by atoms with Gasteiger partial charge in [0.25, 0.3) is 0 Å². The average Bonchev–Trinajstić information content (AvgIpc) is 3.31. The van der Waals surface area contributed by atoms with E-state index in [-0.39, 0.29) is 5.41 Å². The van der Waals surface area contributed by atoms with Crippen LogP contribution < -0.4 is 0 Å². The van der Waals surface area contributed by atoms with Gasteiger partial charge in [-0.3, -0.25) is 0 Å². The van der Waals surface area contributed by atoms with E-state index in [0.29, 0.717) is 0 Å². The standard InChI is InChI=1S/C59H44S2/c1-58(2,3)51-34-35-52-57(61-55-33-18-15-30-50(55)59(52)48-28-13-16-31-53(48)60-54-32-17-14-29-49(54)59)56(51)43-27-19-26-42(36-43)47-38-45(40-22-9-5-10-23-40)44(39-20-7-4-8-21-39)37-46(47)41-24-11-6-12-25-41/h4-38H,1-3H3. The summed E-state index contributed by atoms with van der Waals surface area (Å²) in [6, 6.07) is 79.2. The van der Waals surface area contributed by atoms with Crippen molar-refractivity contribution >= 4 is 23.5 Å². The van der Waals surface area contributed by atoms with Crippen molar-refractivity contribution in [3.05, 3.63) is 240 Å². The highest BCUT2D eigenvalue weighted by Gasteiger charge is 2.49. The Balaban J connectivity index is 1.20. The first-order valence-corrected chi connectivity index (χ1v) is 22.8. The molecule has 2 aliphatic heterocycles. The third-order valence-corrected chi connectivity index (χ3v) is 14.9. The molecular formula is C59H44S2. The maximum absolute atomic E-state index is 2.47. The SMILES string of the molecule is CC(C)(C)c1ccc2c(c1-c1cccc(-c3cc(-c4ccccc4)c(-c4ccccc4)cc3-c3ccccc3)c1)Sc1ccccc1C21c2ccccc2Sc2ccccc21. The maximum Gasteiger partial charge on any atom is 0.0745 e. The summed E-state index contributed by atoms with van der Waals surface area (Å²) < 4.78 is 0. The molecule has 1 spiro atoms. The second kappa shape index (κ2) is 15.0. The molecule has 9 aromatic carbocycles. The van der Waals surface area contributed by atoms with Crippen LogP contribution in [0.25, 0.3) is 55.6 Å². The molecule has 0 saturated heterocycles. The minimum Gasteiger partial charge on any atom is -0.0894 e. The maximum atomic E-state index is 2.47. The van der Waals surface area contributed by atoms with Crippen LogP contribution in [0.2, 0.25) is 0 Å². The van der Waals surface area contributed by atoms with Crippen molar-refractivity contribution in [2.75, 3.05) is 0 Å². The highest BCUT2D eigenvalue weighted by molar-refractivity contribution is 8.00. The van der Waals surface area contributed by atoms with Gasteiger partial charge in [0.15, 0.2) is 0 Å². The molecule has 0 unspecified atom stereocenters.